The molecule has 0 amide bonds. The monoisotopic (exact) mass is 755 g/mol. The Morgan fingerprint density at radius 3 is 1.09 bits per heavy atom. The molecule has 272 valence electrons. The van der Waals surface area contributed by atoms with E-state index in [0.717, 1.165) is 39.9 Å². The molecule has 0 aliphatic carbocycles. The molecule has 7 aromatic rings. The first-order valence-corrected chi connectivity index (χ1v) is 19.6. The molecule has 0 radical (unpaired) electrons. The van der Waals surface area contributed by atoms with Crippen LogP contribution < -0.4 is 14.2 Å². The van der Waals surface area contributed by atoms with Gasteiger partial charge in [0.2, 0.25) is 0 Å². The summed E-state index contributed by atoms with van der Waals surface area (Å²) in [5.41, 5.74) is 3.60. The van der Waals surface area contributed by atoms with Crippen LogP contribution in [0.25, 0.3) is 0 Å². The molecule has 0 fully saturated rings. The van der Waals surface area contributed by atoms with E-state index in [1.807, 2.05) is 97.9 Å². The summed E-state index contributed by atoms with van der Waals surface area (Å²) in [5.74, 6) is 2.40. The van der Waals surface area contributed by atoms with Crippen LogP contribution in [0.4, 0.5) is 0 Å². The molecule has 0 unspecified atom stereocenters. The first-order chi connectivity index (χ1) is 26.3. The molecule has 9 nitrogen and oxygen atoms in total. The lowest BCUT2D eigenvalue weighted by Crippen LogP contribution is -2.06. The number of pyridine rings is 3. The number of hydrogen-bond acceptors (Lipinski definition) is 9. The maximum Gasteiger partial charge on any atom is 0.166 e. The van der Waals surface area contributed by atoms with Gasteiger partial charge >= 0.3 is 0 Å². The predicted octanol–water partition coefficient (Wildman–Crippen LogP) is 8.60. The minimum Gasteiger partial charge on any atom is -0.744 e. The molecule has 0 bridgehead atoms. The normalized spacial score (nSPS) is 10.9. The molecular formula is C43H37N3O6S2. The van der Waals surface area contributed by atoms with Crippen molar-refractivity contribution in [2.24, 2.45) is 0 Å². The molecule has 0 atom stereocenters. The fourth-order valence-electron chi connectivity index (χ4n) is 5.05. The maximum atomic E-state index is 10.4. The lowest BCUT2D eigenvalue weighted by Gasteiger charge is -2.12. The summed E-state index contributed by atoms with van der Waals surface area (Å²) in [6.07, 6.45) is 5.33. The summed E-state index contributed by atoms with van der Waals surface area (Å²) < 4.78 is 49.1. The van der Waals surface area contributed by atoms with Gasteiger partial charge in [0.25, 0.3) is 0 Å². The van der Waals surface area contributed by atoms with Gasteiger partial charge in [-0.05, 0) is 128 Å². The first-order valence-electron chi connectivity index (χ1n) is 17.0. The van der Waals surface area contributed by atoms with Crippen molar-refractivity contribution in [1.29, 1.82) is 0 Å². The summed E-state index contributed by atoms with van der Waals surface area (Å²) in [4.78, 5) is 16.4. The topological polar surface area (TPSA) is 124 Å². The van der Waals surface area contributed by atoms with E-state index in [-0.39, 0.29) is 15.8 Å². The van der Waals surface area contributed by atoms with E-state index < -0.39 is 10.1 Å². The number of ether oxygens (including phenoxy) is 3. The standard InChI is InChI=1S/C36H30N3O3S.C7H8O3S/c1-4-22-37-28(7-1)25-40-31-10-16-34(17-11-31)43(35-18-12-32(13-19-35)41-26-29-8-2-5-23-38-29)36-20-14-33(15-21-36)42-27-30-9-3-6-24-39-30;1-6-2-4-7(5-3-6)11(8,9)10/h1-24H,25-27H2;2-5H,1H3,(H,8,9,10)/q+1;/p-1. The Bertz CT molecular complexity index is 2070. The molecule has 0 aliphatic rings. The van der Waals surface area contributed by atoms with Crippen LogP contribution in [0, 0.1) is 6.92 Å². The number of benzene rings is 4. The van der Waals surface area contributed by atoms with Crippen LogP contribution >= 0.6 is 0 Å². The SMILES string of the molecule is Cc1ccc(S(=O)(=O)[O-])cc1.c1ccc(COc2ccc([S+](c3ccc(OCc4ccccn4)cc3)c3ccc(OCc4ccccn4)cc3)cc2)nc1. The zero-order chi connectivity index (χ0) is 37.6. The highest BCUT2D eigenvalue weighted by molar-refractivity contribution is 7.97. The largest absolute Gasteiger partial charge is 0.744 e. The van der Waals surface area contributed by atoms with E-state index in [1.165, 1.54) is 26.8 Å². The predicted molar refractivity (Wildman–Crippen MR) is 206 cm³/mol. The van der Waals surface area contributed by atoms with Gasteiger partial charge < -0.3 is 18.8 Å². The Kier molecular flexibility index (Phi) is 13.0. The van der Waals surface area contributed by atoms with Crippen molar-refractivity contribution in [3.05, 3.63) is 193 Å². The highest BCUT2D eigenvalue weighted by Gasteiger charge is 2.29. The molecule has 0 spiro atoms. The van der Waals surface area contributed by atoms with Crippen molar-refractivity contribution < 1.29 is 27.2 Å². The van der Waals surface area contributed by atoms with Gasteiger partial charge in [0.05, 0.1) is 32.9 Å². The van der Waals surface area contributed by atoms with Crippen molar-refractivity contribution >= 4 is 21.0 Å². The number of aryl methyl sites for hydroxylation is 1. The minimum atomic E-state index is -4.27. The highest BCUT2D eigenvalue weighted by atomic mass is 32.2. The molecule has 3 aromatic heterocycles. The Balaban J connectivity index is 0.000000389. The van der Waals surface area contributed by atoms with Gasteiger partial charge in [0.1, 0.15) is 47.2 Å². The second-order valence-corrected chi connectivity index (χ2v) is 15.2. The Hall–Kier alpha value is -6.01. The average molecular weight is 756 g/mol. The van der Waals surface area contributed by atoms with E-state index in [4.69, 9.17) is 14.2 Å². The van der Waals surface area contributed by atoms with Crippen LogP contribution in [-0.2, 0) is 40.8 Å². The van der Waals surface area contributed by atoms with E-state index in [2.05, 4.69) is 51.4 Å². The number of rotatable bonds is 13. The molecule has 0 aliphatic heterocycles. The van der Waals surface area contributed by atoms with Gasteiger partial charge in [-0.3, -0.25) is 15.0 Å². The Morgan fingerprint density at radius 2 is 0.815 bits per heavy atom. The van der Waals surface area contributed by atoms with Crippen LogP contribution in [0.15, 0.2) is 190 Å². The van der Waals surface area contributed by atoms with Gasteiger partial charge in [-0.25, -0.2) is 8.42 Å². The van der Waals surface area contributed by atoms with Crippen LogP contribution in [0.5, 0.6) is 17.2 Å². The summed E-state index contributed by atoms with van der Waals surface area (Å²) >= 11 is 0. The second kappa shape index (κ2) is 18.7. The van der Waals surface area contributed by atoms with E-state index >= 15 is 0 Å². The number of nitrogens with zero attached hydrogens (tertiary/aromatic N) is 3. The van der Waals surface area contributed by atoms with E-state index in [9.17, 15) is 13.0 Å². The molecule has 11 heteroatoms. The Labute approximate surface area is 318 Å². The lowest BCUT2D eigenvalue weighted by atomic mass is 10.2. The lowest BCUT2D eigenvalue weighted by molar-refractivity contribution is 0.301. The summed E-state index contributed by atoms with van der Waals surface area (Å²) in [7, 11) is -4.63. The molecule has 7 rings (SSSR count). The summed E-state index contributed by atoms with van der Waals surface area (Å²) in [6.45, 7) is 3.09. The van der Waals surface area contributed by atoms with Crippen LogP contribution in [-0.4, -0.2) is 27.9 Å². The van der Waals surface area contributed by atoms with Crippen LogP contribution in [0.2, 0.25) is 0 Å². The van der Waals surface area contributed by atoms with Gasteiger partial charge in [0, 0.05) is 18.6 Å². The quantitative estimate of drug-likeness (QED) is 0.0841. The Morgan fingerprint density at radius 1 is 0.481 bits per heavy atom. The third-order valence-corrected chi connectivity index (χ3v) is 10.9. The van der Waals surface area contributed by atoms with Gasteiger partial charge in [-0.2, -0.15) is 0 Å². The van der Waals surface area contributed by atoms with Crippen molar-refractivity contribution in [1.82, 2.24) is 15.0 Å². The van der Waals surface area contributed by atoms with E-state index in [0.29, 0.717) is 19.8 Å². The highest BCUT2D eigenvalue weighted by Crippen LogP contribution is 2.34. The maximum absolute atomic E-state index is 10.4. The van der Waals surface area contributed by atoms with Crippen molar-refractivity contribution in [2.45, 2.75) is 46.3 Å². The van der Waals surface area contributed by atoms with Gasteiger partial charge in [-0.1, -0.05) is 35.9 Å². The minimum absolute atomic E-state index is 0.178. The van der Waals surface area contributed by atoms with Crippen LogP contribution in [0.1, 0.15) is 22.6 Å². The van der Waals surface area contributed by atoms with E-state index in [1.54, 1.807) is 30.7 Å². The average Bonchev–Trinajstić information content (AvgIpc) is 3.21. The number of hydrogen-bond donors (Lipinski definition) is 0. The molecule has 0 saturated carbocycles. The van der Waals surface area contributed by atoms with Gasteiger partial charge in [0.15, 0.2) is 14.7 Å². The first kappa shape index (κ1) is 37.7. The molecule has 3 heterocycles. The third-order valence-electron chi connectivity index (χ3n) is 7.83. The van der Waals surface area contributed by atoms with Gasteiger partial charge in [-0.15, -0.1) is 0 Å². The zero-order valence-corrected chi connectivity index (χ0v) is 31.0. The molecular weight excluding hydrogens is 719 g/mol. The van der Waals surface area contributed by atoms with Crippen molar-refractivity contribution in [3.8, 4) is 17.2 Å². The molecule has 54 heavy (non-hydrogen) atoms. The summed E-state index contributed by atoms with van der Waals surface area (Å²) in [6, 6.07) is 48.2. The zero-order valence-electron chi connectivity index (χ0n) is 29.4. The number of aromatic nitrogens is 3. The second-order valence-electron chi connectivity index (χ2n) is 11.8. The molecule has 0 N–H and O–H groups in total. The van der Waals surface area contributed by atoms with Crippen molar-refractivity contribution in [3.63, 3.8) is 0 Å². The fourth-order valence-corrected chi connectivity index (χ4v) is 7.56. The fraction of sp³-hybridized carbons (Fsp3) is 0.0930. The van der Waals surface area contributed by atoms with Crippen molar-refractivity contribution in [2.75, 3.05) is 0 Å². The van der Waals surface area contributed by atoms with Crippen LogP contribution in [0.3, 0.4) is 0 Å². The molecule has 0 saturated heterocycles. The third kappa shape index (κ3) is 11.2. The smallest absolute Gasteiger partial charge is 0.166 e. The summed E-state index contributed by atoms with van der Waals surface area (Å²) in [5, 5.41) is 0. The molecule has 4 aromatic carbocycles.